The number of esters is 1. The monoisotopic (exact) mass is 202 g/mol. The van der Waals surface area contributed by atoms with Crippen molar-refractivity contribution in [1.29, 1.82) is 0 Å². The predicted molar refractivity (Wildman–Crippen MR) is 52.8 cm³/mol. The average Bonchev–Trinajstić information content (AvgIpc) is 2.01. The van der Waals surface area contributed by atoms with Gasteiger partial charge in [0.1, 0.15) is 0 Å². The topological polar surface area (TPSA) is 35.5 Å². The maximum absolute atomic E-state index is 11.1. The van der Waals surface area contributed by atoms with E-state index in [1.54, 1.807) is 18.7 Å². The van der Waals surface area contributed by atoms with Crippen LogP contribution >= 0.6 is 11.8 Å². The lowest BCUT2D eigenvalue weighted by atomic mass is 10.3. The molecule has 4 heteroatoms. The standard InChI is InChI=1S/C9H14O3S/c1-3-12-9(10)7(2)6-13-8-4-11-5-8/h8H,2-6H2,1H3. The summed E-state index contributed by atoms with van der Waals surface area (Å²) in [7, 11) is 0. The Balaban J connectivity index is 2.12. The Bertz CT molecular complexity index is 199. The third-order valence-electron chi connectivity index (χ3n) is 1.66. The Kier molecular flexibility index (Phi) is 4.32. The van der Waals surface area contributed by atoms with Crippen molar-refractivity contribution in [3.8, 4) is 0 Å². The second-order valence-corrected chi connectivity index (χ2v) is 4.08. The van der Waals surface area contributed by atoms with Crippen molar-refractivity contribution in [3.05, 3.63) is 12.2 Å². The van der Waals surface area contributed by atoms with E-state index in [0.29, 0.717) is 23.2 Å². The van der Waals surface area contributed by atoms with Crippen LogP contribution in [0.1, 0.15) is 6.92 Å². The van der Waals surface area contributed by atoms with Crippen LogP contribution in [0.4, 0.5) is 0 Å². The summed E-state index contributed by atoms with van der Waals surface area (Å²) in [5.41, 5.74) is 0.541. The number of rotatable bonds is 5. The fraction of sp³-hybridized carbons (Fsp3) is 0.667. The van der Waals surface area contributed by atoms with Crippen molar-refractivity contribution in [2.24, 2.45) is 0 Å². The van der Waals surface area contributed by atoms with Crippen LogP contribution in [-0.2, 0) is 14.3 Å². The van der Waals surface area contributed by atoms with Gasteiger partial charge in [0.25, 0.3) is 0 Å². The molecule has 0 aromatic heterocycles. The van der Waals surface area contributed by atoms with Crippen LogP contribution in [0.2, 0.25) is 0 Å². The SMILES string of the molecule is C=C(CSC1COC1)C(=O)OCC. The first-order chi connectivity index (χ1) is 6.24. The van der Waals surface area contributed by atoms with Crippen molar-refractivity contribution >= 4 is 17.7 Å². The first kappa shape index (κ1) is 10.6. The molecule has 1 rings (SSSR count). The van der Waals surface area contributed by atoms with Crippen LogP contribution in [0.3, 0.4) is 0 Å². The van der Waals surface area contributed by atoms with E-state index in [0.717, 1.165) is 13.2 Å². The molecule has 0 aliphatic carbocycles. The molecular weight excluding hydrogens is 188 g/mol. The van der Waals surface area contributed by atoms with Crippen LogP contribution in [0.15, 0.2) is 12.2 Å². The fourth-order valence-electron chi connectivity index (χ4n) is 0.821. The van der Waals surface area contributed by atoms with E-state index in [1.807, 2.05) is 0 Å². The molecule has 13 heavy (non-hydrogen) atoms. The highest BCUT2D eigenvalue weighted by atomic mass is 32.2. The molecule has 1 fully saturated rings. The van der Waals surface area contributed by atoms with E-state index in [4.69, 9.17) is 9.47 Å². The number of hydrogen-bond acceptors (Lipinski definition) is 4. The maximum Gasteiger partial charge on any atom is 0.334 e. The summed E-state index contributed by atoms with van der Waals surface area (Å²) in [5.74, 6) is 0.364. The Morgan fingerprint density at radius 2 is 2.38 bits per heavy atom. The molecule has 0 N–H and O–H groups in total. The van der Waals surface area contributed by atoms with Gasteiger partial charge in [0.05, 0.1) is 25.1 Å². The van der Waals surface area contributed by atoms with E-state index >= 15 is 0 Å². The maximum atomic E-state index is 11.1. The lowest BCUT2D eigenvalue weighted by Gasteiger charge is -2.25. The molecule has 0 atom stereocenters. The average molecular weight is 202 g/mol. The van der Waals surface area contributed by atoms with Gasteiger partial charge in [-0.25, -0.2) is 4.79 Å². The third-order valence-corrected chi connectivity index (χ3v) is 2.92. The smallest absolute Gasteiger partial charge is 0.334 e. The van der Waals surface area contributed by atoms with Gasteiger partial charge in [0.2, 0.25) is 0 Å². The molecule has 1 aliphatic heterocycles. The molecule has 0 radical (unpaired) electrons. The molecule has 0 spiro atoms. The molecule has 0 unspecified atom stereocenters. The van der Waals surface area contributed by atoms with Gasteiger partial charge in [0, 0.05) is 11.3 Å². The summed E-state index contributed by atoms with van der Waals surface area (Å²) in [6.45, 7) is 7.45. The molecule has 0 saturated carbocycles. The van der Waals surface area contributed by atoms with Crippen LogP contribution in [0.25, 0.3) is 0 Å². The summed E-state index contributed by atoms with van der Waals surface area (Å²) in [6.07, 6.45) is 0. The molecule has 1 saturated heterocycles. The van der Waals surface area contributed by atoms with Crippen molar-refractivity contribution in [2.45, 2.75) is 12.2 Å². The molecule has 74 valence electrons. The second kappa shape index (κ2) is 5.29. The van der Waals surface area contributed by atoms with Crippen LogP contribution in [-0.4, -0.2) is 36.8 Å². The zero-order valence-electron chi connectivity index (χ0n) is 7.75. The van der Waals surface area contributed by atoms with Crippen LogP contribution in [0, 0.1) is 0 Å². The molecule has 0 bridgehead atoms. The number of thioether (sulfide) groups is 1. The zero-order chi connectivity index (χ0) is 9.68. The highest BCUT2D eigenvalue weighted by molar-refractivity contribution is 8.00. The van der Waals surface area contributed by atoms with Crippen molar-refractivity contribution in [1.82, 2.24) is 0 Å². The Morgan fingerprint density at radius 3 is 2.85 bits per heavy atom. The molecule has 3 nitrogen and oxygen atoms in total. The van der Waals surface area contributed by atoms with Gasteiger partial charge in [-0.1, -0.05) is 6.58 Å². The molecule has 1 aliphatic rings. The number of carbonyl (C=O) groups excluding carboxylic acids is 1. The lowest BCUT2D eigenvalue weighted by molar-refractivity contribution is -0.138. The summed E-state index contributed by atoms with van der Waals surface area (Å²) in [6, 6.07) is 0. The van der Waals surface area contributed by atoms with Gasteiger partial charge < -0.3 is 9.47 Å². The Hall–Kier alpha value is -0.480. The highest BCUT2D eigenvalue weighted by Gasteiger charge is 2.20. The quantitative estimate of drug-likeness (QED) is 0.496. The summed E-state index contributed by atoms with van der Waals surface area (Å²) < 4.78 is 9.81. The lowest BCUT2D eigenvalue weighted by Crippen LogP contribution is -2.30. The molecule has 0 amide bonds. The van der Waals surface area contributed by atoms with E-state index in [2.05, 4.69) is 6.58 Å². The van der Waals surface area contributed by atoms with E-state index in [1.165, 1.54) is 0 Å². The van der Waals surface area contributed by atoms with Gasteiger partial charge >= 0.3 is 5.97 Å². The van der Waals surface area contributed by atoms with Gasteiger partial charge in [-0.3, -0.25) is 0 Å². The number of hydrogen-bond donors (Lipinski definition) is 0. The first-order valence-electron chi connectivity index (χ1n) is 4.28. The largest absolute Gasteiger partial charge is 0.463 e. The van der Waals surface area contributed by atoms with E-state index < -0.39 is 0 Å². The highest BCUT2D eigenvalue weighted by Crippen LogP contribution is 2.21. The van der Waals surface area contributed by atoms with Gasteiger partial charge in [-0.2, -0.15) is 0 Å². The summed E-state index contributed by atoms with van der Waals surface area (Å²) in [5, 5.41) is 0.533. The van der Waals surface area contributed by atoms with Crippen LogP contribution in [0.5, 0.6) is 0 Å². The minimum atomic E-state index is -0.282. The van der Waals surface area contributed by atoms with Gasteiger partial charge in [-0.05, 0) is 6.92 Å². The van der Waals surface area contributed by atoms with Gasteiger partial charge in [0.15, 0.2) is 0 Å². The van der Waals surface area contributed by atoms with E-state index in [9.17, 15) is 4.79 Å². The van der Waals surface area contributed by atoms with E-state index in [-0.39, 0.29) is 5.97 Å². The summed E-state index contributed by atoms with van der Waals surface area (Å²) in [4.78, 5) is 11.1. The molecule has 0 aromatic carbocycles. The first-order valence-corrected chi connectivity index (χ1v) is 5.33. The normalized spacial score (nSPS) is 16.4. The Morgan fingerprint density at radius 1 is 1.69 bits per heavy atom. The second-order valence-electron chi connectivity index (χ2n) is 2.79. The fourth-order valence-corrected chi connectivity index (χ4v) is 1.76. The minimum Gasteiger partial charge on any atom is -0.463 e. The van der Waals surface area contributed by atoms with Crippen molar-refractivity contribution < 1.29 is 14.3 Å². The van der Waals surface area contributed by atoms with Crippen LogP contribution < -0.4 is 0 Å². The zero-order valence-corrected chi connectivity index (χ0v) is 8.56. The molecular formula is C9H14O3S. The summed E-state index contributed by atoms with van der Waals surface area (Å²) >= 11 is 1.70. The Labute approximate surface area is 82.5 Å². The van der Waals surface area contributed by atoms with Crippen molar-refractivity contribution in [2.75, 3.05) is 25.6 Å². The molecule has 1 heterocycles. The van der Waals surface area contributed by atoms with Crippen molar-refractivity contribution in [3.63, 3.8) is 0 Å². The van der Waals surface area contributed by atoms with Gasteiger partial charge in [-0.15, -0.1) is 11.8 Å². The number of carbonyl (C=O) groups is 1. The number of ether oxygens (including phenoxy) is 2. The molecule has 0 aromatic rings. The third kappa shape index (κ3) is 3.40. The predicted octanol–water partition coefficient (Wildman–Crippen LogP) is 1.24. The minimum absolute atomic E-state index is 0.282.